The van der Waals surface area contributed by atoms with Gasteiger partial charge in [0.05, 0.1) is 9.79 Å². The molecule has 8 nitrogen and oxygen atoms in total. The Morgan fingerprint density at radius 3 is 1.35 bits per heavy atom. The fraction of sp³-hybridized carbons (Fsp3) is 0.520. The van der Waals surface area contributed by atoms with Crippen molar-refractivity contribution >= 4 is 44.9 Å². The van der Waals surface area contributed by atoms with Crippen molar-refractivity contribution in [3.8, 4) is 0 Å². The number of halogens is 2. The van der Waals surface area contributed by atoms with E-state index >= 15 is 0 Å². The van der Waals surface area contributed by atoms with Crippen molar-refractivity contribution in [2.45, 2.75) is 67.8 Å². The third-order valence-electron chi connectivity index (χ3n) is 7.14. The molecule has 0 saturated heterocycles. The van der Waals surface area contributed by atoms with Crippen LogP contribution < -0.4 is 10.3 Å². The molecule has 2 aromatic carbocycles. The highest BCUT2D eigenvalue weighted by atomic mass is 35.5. The first-order valence-electron chi connectivity index (χ1n) is 12.3. The van der Waals surface area contributed by atoms with Gasteiger partial charge in [0.15, 0.2) is 0 Å². The van der Waals surface area contributed by atoms with Crippen LogP contribution in [0.1, 0.15) is 54.4 Å². The molecule has 0 radical (unpaired) electrons. The summed E-state index contributed by atoms with van der Waals surface area (Å²) in [5.74, 6) is 0. The average molecular weight is 594 g/mol. The summed E-state index contributed by atoms with van der Waals surface area (Å²) in [6.07, 6.45) is 7.72. The largest absolute Gasteiger partial charge is 0.299 e. The lowest BCUT2D eigenvalue weighted by Crippen LogP contribution is -2.32. The molecule has 0 bridgehead atoms. The number of rotatable bonds is 10. The zero-order chi connectivity index (χ0) is 25.1. The molecule has 37 heavy (non-hydrogen) atoms. The first-order valence-corrected chi connectivity index (χ1v) is 15.4. The molecule has 2 aliphatic rings. The van der Waals surface area contributed by atoms with Crippen LogP contribution >= 0.6 is 24.8 Å². The number of sulfonamides is 2. The fourth-order valence-corrected chi connectivity index (χ4v) is 6.25. The summed E-state index contributed by atoms with van der Waals surface area (Å²) < 4.78 is 46.5. The number of nitrogens with two attached hydrogens (primary N) is 2. The molecule has 0 saturated carbocycles. The van der Waals surface area contributed by atoms with Gasteiger partial charge in [-0.15, -0.1) is 24.8 Å². The van der Waals surface area contributed by atoms with Gasteiger partial charge in [0.1, 0.15) is 0 Å². The number of primary sulfonamides is 2. The smallest absolute Gasteiger partial charge is 0.238 e. The Balaban J connectivity index is 0.00000241. The van der Waals surface area contributed by atoms with E-state index in [1.807, 2.05) is 12.1 Å². The molecule has 0 unspecified atom stereocenters. The first kappa shape index (κ1) is 32.0. The molecule has 12 heteroatoms. The molecule has 208 valence electrons. The quantitative estimate of drug-likeness (QED) is 0.408. The molecule has 0 aliphatic carbocycles. The lowest BCUT2D eigenvalue weighted by Gasteiger charge is -2.29. The van der Waals surface area contributed by atoms with Crippen molar-refractivity contribution in [1.82, 2.24) is 9.80 Å². The van der Waals surface area contributed by atoms with Gasteiger partial charge >= 0.3 is 0 Å². The van der Waals surface area contributed by atoms with Crippen LogP contribution in [0.25, 0.3) is 0 Å². The topological polar surface area (TPSA) is 127 Å². The van der Waals surface area contributed by atoms with E-state index in [1.165, 1.54) is 30.4 Å². The molecule has 4 rings (SSSR count). The molecular formula is C25H38Cl2N4O4S2. The summed E-state index contributed by atoms with van der Waals surface area (Å²) in [5.41, 5.74) is 4.58. The fourth-order valence-electron chi connectivity index (χ4n) is 5.12. The number of nitrogens with zero attached hydrogens (tertiary/aromatic N) is 2. The molecule has 4 N–H and O–H groups in total. The number of fused-ring (bicyclic) bond motifs is 2. The number of benzene rings is 2. The van der Waals surface area contributed by atoms with Gasteiger partial charge in [0, 0.05) is 26.2 Å². The van der Waals surface area contributed by atoms with E-state index in [2.05, 4.69) is 9.80 Å². The molecule has 2 aromatic rings. The van der Waals surface area contributed by atoms with Crippen molar-refractivity contribution in [3.05, 3.63) is 58.7 Å². The van der Waals surface area contributed by atoms with E-state index in [0.29, 0.717) is 0 Å². The van der Waals surface area contributed by atoms with E-state index < -0.39 is 20.0 Å². The van der Waals surface area contributed by atoms with Crippen molar-refractivity contribution < 1.29 is 16.8 Å². The van der Waals surface area contributed by atoms with Crippen LogP contribution in [0.5, 0.6) is 0 Å². The highest BCUT2D eigenvalue weighted by molar-refractivity contribution is 7.89. The normalized spacial score (nSPS) is 16.3. The standard InChI is InChI=1S/C25H36N4O4S2.2ClH/c26-34(30,31)24-8-6-20-10-14-28(18-22(20)16-24)12-4-2-1-3-5-13-29-15-11-21-7-9-25(35(27,32)33)17-23(21)19-29;;/h6-9,16-17H,1-5,10-15,18-19H2,(H2,26,30,31)(H2,27,32,33);2*1H. The molecule has 0 spiro atoms. The monoisotopic (exact) mass is 592 g/mol. The van der Waals surface area contributed by atoms with Crippen molar-refractivity contribution in [1.29, 1.82) is 0 Å². The van der Waals surface area contributed by atoms with Crippen LogP contribution in [0.15, 0.2) is 46.2 Å². The Kier molecular flexibility index (Phi) is 11.8. The third-order valence-corrected chi connectivity index (χ3v) is 8.97. The summed E-state index contributed by atoms with van der Waals surface area (Å²) in [6, 6.07) is 10.5. The number of hydrogen-bond donors (Lipinski definition) is 2. The van der Waals surface area contributed by atoms with Crippen LogP contribution in [0, 0.1) is 0 Å². The Hall–Kier alpha value is -1.24. The minimum atomic E-state index is -3.67. The summed E-state index contributed by atoms with van der Waals surface area (Å²) in [6.45, 7) is 5.62. The molecule has 2 aliphatic heterocycles. The van der Waals surface area contributed by atoms with E-state index in [0.717, 1.165) is 76.1 Å². The van der Waals surface area contributed by atoms with E-state index in [9.17, 15) is 16.8 Å². The summed E-state index contributed by atoms with van der Waals surface area (Å²) in [5, 5.41) is 10.6. The highest BCUT2D eigenvalue weighted by Crippen LogP contribution is 2.24. The molecule has 0 fully saturated rings. The van der Waals surface area contributed by atoms with Gasteiger partial charge in [0.25, 0.3) is 0 Å². The van der Waals surface area contributed by atoms with Gasteiger partial charge in [-0.1, -0.05) is 31.4 Å². The summed E-state index contributed by atoms with van der Waals surface area (Å²) >= 11 is 0. The molecule has 0 aromatic heterocycles. The Bertz CT molecular complexity index is 1180. The minimum Gasteiger partial charge on any atom is -0.299 e. The lowest BCUT2D eigenvalue weighted by atomic mass is 9.99. The molecule has 0 amide bonds. The Morgan fingerprint density at radius 1 is 0.595 bits per heavy atom. The van der Waals surface area contributed by atoms with Gasteiger partial charge < -0.3 is 0 Å². The highest BCUT2D eigenvalue weighted by Gasteiger charge is 2.20. The van der Waals surface area contributed by atoms with E-state index in [1.54, 1.807) is 24.3 Å². The molecule has 0 atom stereocenters. The predicted molar refractivity (Wildman–Crippen MR) is 151 cm³/mol. The molecule has 2 heterocycles. The van der Waals surface area contributed by atoms with Gasteiger partial charge in [-0.25, -0.2) is 27.1 Å². The Labute approximate surface area is 233 Å². The second-order valence-corrected chi connectivity index (χ2v) is 12.9. The zero-order valence-corrected chi connectivity index (χ0v) is 24.2. The van der Waals surface area contributed by atoms with Crippen molar-refractivity contribution in [2.75, 3.05) is 26.2 Å². The number of hydrogen-bond acceptors (Lipinski definition) is 6. The maximum atomic E-state index is 11.6. The second-order valence-electron chi connectivity index (χ2n) is 9.77. The van der Waals surface area contributed by atoms with E-state index in [-0.39, 0.29) is 34.6 Å². The summed E-state index contributed by atoms with van der Waals surface area (Å²) in [7, 11) is -7.33. The third kappa shape index (κ3) is 8.90. The van der Waals surface area contributed by atoms with Crippen LogP contribution in [-0.2, 0) is 46.0 Å². The summed E-state index contributed by atoms with van der Waals surface area (Å²) in [4.78, 5) is 5.19. The predicted octanol–water partition coefficient (Wildman–Crippen LogP) is 3.19. The van der Waals surface area contributed by atoms with Crippen molar-refractivity contribution in [2.24, 2.45) is 10.3 Å². The Morgan fingerprint density at radius 2 is 0.973 bits per heavy atom. The average Bonchev–Trinajstić information content (AvgIpc) is 2.81. The first-order chi connectivity index (χ1) is 16.6. The van der Waals surface area contributed by atoms with Gasteiger partial charge in [-0.2, -0.15) is 0 Å². The minimum absolute atomic E-state index is 0. The van der Waals surface area contributed by atoms with Crippen molar-refractivity contribution in [3.63, 3.8) is 0 Å². The SMILES string of the molecule is Cl.Cl.NS(=O)(=O)c1ccc2c(c1)CN(CCCCCCCN1CCc3ccc(S(N)(=O)=O)cc3C1)CC2. The van der Waals surface area contributed by atoms with E-state index in [4.69, 9.17) is 10.3 Å². The second kappa shape index (κ2) is 13.7. The zero-order valence-electron chi connectivity index (χ0n) is 21.0. The van der Waals surface area contributed by atoms with Crippen LogP contribution in [-0.4, -0.2) is 52.8 Å². The maximum Gasteiger partial charge on any atom is 0.238 e. The van der Waals surface area contributed by atoms with Crippen LogP contribution in [0.4, 0.5) is 0 Å². The van der Waals surface area contributed by atoms with Crippen LogP contribution in [0.2, 0.25) is 0 Å². The lowest BCUT2D eigenvalue weighted by molar-refractivity contribution is 0.241. The maximum absolute atomic E-state index is 11.6. The number of unbranched alkanes of at least 4 members (excludes halogenated alkanes) is 4. The van der Waals surface area contributed by atoms with Gasteiger partial charge in [-0.05, 0) is 85.3 Å². The molecular weight excluding hydrogens is 555 g/mol. The van der Waals surface area contributed by atoms with Gasteiger partial charge in [0.2, 0.25) is 20.0 Å². The van der Waals surface area contributed by atoms with Crippen LogP contribution in [0.3, 0.4) is 0 Å². The van der Waals surface area contributed by atoms with Gasteiger partial charge in [-0.3, -0.25) is 9.80 Å².